The highest BCUT2D eigenvalue weighted by molar-refractivity contribution is 14.0. The van der Waals surface area contributed by atoms with E-state index in [-0.39, 0.29) is 28.9 Å². The molecule has 6 heteroatoms. The first-order valence-corrected chi connectivity index (χ1v) is 5.41. The smallest absolute Gasteiger partial charge is 0.294 e. The van der Waals surface area contributed by atoms with Gasteiger partial charge in [-0.1, -0.05) is 18.2 Å². The van der Waals surface area contributed by atoms with Gasteiger partial charge in [0.25, 0.3) is 10.1 Å². The van der Waals surface area contributed by atoms with Gasteiger partial charge in [0, 0.05) is 0 Å². The van der Waals surface area contributed by atoms with Crippen molar-refractivity contribution in [3.8, 4) is 0 Å². The van der Waals surface area contributed by atoms with E-state index in [1.165, 1.54) is 12.1 Å². The maximum atomic E-state index is 10.4. The predicted molar refractivity (Wildman–Crippen MR) is 71.3 cm³/mol. The Morgan fingerprint density at radius 2 is 1.40 bits per heavy atom. The van der Waals surface area contributed by atoms with Crippen molar-refractivity contribution in [1.82, 2.24) is 4.90 Å². The van der Waals surface area contributed by atoms with Gasteiger partial charge in [0.1, 0.15) is 0 Å². The zero-order valence-corrected chi connectivity index (χ0v) is 12.1. The molecule has 0 aliphatic carbocycles. The standard InChI is InChI=1S/C6H6O3S.C3H9N.HI/c7-10(8,9)6-4-2-1-3-5-6;1-4(2)3;/h1-5H,(H,7,8,9);1-3H3;1H. The van der Waals surface area contributed by atoms with Gasteiger partial charge in [0.2, 0.25) is 0 Å². The largest absolute Gasteiger partial charge is 0.312 e. The molecule has 0 aliphatic rings. The summed E-state index contributed by atoms with van der Waals surface area (Å²) in [5.41, 5.74) is 0. The van der Waals surface area contributed by atoms with Crippen LogP contribution in [-0.2, 0) is 10.1 Å². The Morgan fingerprint density at radius 3 is 1.60 bits per heavy atom. The molecule has 0 fully saturated rings. The lowest BCUT2D eigenvalue weighted by molar-refractivity contribution is 0.483. The fourth-order valence-corrected chi connectivity index (χ4v) is 1.09. The van der Waals surface area contributed by atoms with Crippen molar-refractivity contribution in [3.05, 3.63) is 30.3 Å². The highest BCUT2D eigenvalue weighted by Gasteiger charge is 2.05. The molecule has 0 heterocycles. The molecule has 0 bridgehead atoms. The van der Waals surface area contributed by atoms with Crippen LogP contribution in [0.15, 0.2) is 35.2 Å². The van der Waals surface area contributed by atoms with E-state index in [0.717, 1.165) is 0 Å². The Kier molecular flexibility index (Phi) is 9.22. The lowest BCUT2D eigenvalue weighted by Crippen LogP contribution is -1.99. The number of hydrogen-bond acceptors (Lipinski definition) is 3. The van der Waals surface area contributed by atoms with Crippen LogP contribution < -0.4 is 0 Å². The molecule has 88 valence electrons. The van der Waals surface area contributed by atoms with Gasteiger partial charge in [0.15, 0.2) is 0 Å². The molecule has 4 nitrogen and oxygen atoms in total. The molecule has 0 unspecified atom stereocenters. The third-order valence-corrected chi connectivity index (χ3v) is 1.91. The van der Waals surface area contributed by atoms with Crippen LogP contribution in [0.3, 0.4) is 0 Å². The van der Waals surface area contributed by atoms with Gasteiger partial charge >= 0.3 is 0 Å². The molecule has 0 saturated carbocycles. The molecule has 1 aromatic rings. The maximum Gasteiger partial charge on any atom is 0.294 e. The number of halogens is 1. The molecule has 0 spiro atoms. The van der Waals surface area contributed by atoms with Crippen molar-refractivity contribution < 1.29 is 13.0 Å². The Morgan fingerprint density at radius 1 is 1.07 bits per heavy atom. The van der Waals surface area contributed by atoms with Crippen molar-refractivity contribution in [2.75, 3.05) is 21.1 Å². The number of nitrogens with zero attached hydrogens (tertiary/aromatic N) is 1. The topological polar surface area (TPSA) is 57.6 Å². The van der Waals surface area contributed by atoms with E-state index in [4.69, 9.17) is 4.55 Å². The zero-order chi connectivity index (χ0) is 11.2. The lowest BCUT2D eigenvalue weighted by atomic mass is 10.4. The first kappa shape index (κ1) is 17.2. The molecule has 0 aromatic heterocycles. The summed E-state index contributed by atoms with van der Waals surface area (Å²) in [5, 5.41) is 0. The first-order valence-electron chi connectivity index (χ1n) is 3.97. The summed E-state index contributed by atoms with van der Waals surface area (Å²) in [5.74, 6) is 0. The molecule has 0 amide bonds. The molecule has 1 aromatic carbocycles. The first-order chi connectivity index (χ1) is 6.34. The quantitative estimate of drug-likeness (QED) is 0.622. The van der Waals surface area contributed by atoms with Crippen LogP contribution in [0.5, 0.6) is 0 Å². The van der Waals surface area contributed by atoms with E-state index in [1.807, 2.05) is 26.0 Å². The molecule has 0 radical (unpaired) electrons. The minimum Gasteiger partial charge on any atom is -0.312 e. The normalized spacial score (nSPS) is 9.93. The molecule has 15 heavy (non-hydrogen) atoms. The summed E-state index contributed by atoms with van der Waals surface area (Å²) >= 11 is 0. The van der Waals surface area contributed by atoms with Crippen LogP contribution in [0.1, 0.15) is 0 Å². The summed E-state index contributed by atoms with van der Waals surface area (Å²) in [6.07, 6.45) is 0. The number of benzene rings is 1. The lowest BCUT2D eigenvalue weighted by Gasteiger charge is -1.92. The van der Waals surface area contributed by atoms with E-state index < -0.39 is 10.1 Å². The van der Waals surface area contributed by atoms with Crippen LogP contribution in [0.4, 0.5) is 0 Å². The van der Waals surface area contributed by atoms with Crippen LogP contribution in [0.2, 0.25) is 0 Å². The minimum atomic E-state index is -4.00. The van der Waals surface area contributed by atoms with Crippen LogP contribution >= 0.6 is 24.0 Å². The fourth-order valence-electron chi connectivity index (χ4n) is 0.592. The van der Waals surface area contributed by atoms with Crippen molar-refractivity contribution in [1.29, 1.82) is 0 Å². The van der Waals surface area contributed by atoms with E-state index in [1.54, 1.807) is 18.2 Å². The van der Waals surface area contributed by atoms with Gasteiger partial charge in [-0.2, -0.15) is 8.42 Å². The highest BCUT2D eigenvalue weighted by atomic mass is 127. The zero-order valence-electron chi connectivity index (χ0n) is 8.91. The average molecular weight is 345 g/mol. The molecular formula is C9H16INO3S. The Balaban J connectivity index is 0. The fraction of sp³-hybridized carbons (Fsp3) is 0.333. The van der Waals surface area contributed by atoms with Gasteiger partial charge in [-0.15, -0.1) is 24.0 Å². The molecule has 0 atom stereocenters. The third-order valence-electron chi connectivity index (χ3n) is 1.04. The summed E-state index contributed by atoms with van der Waals surface area (Å²) in [6, 6.07) is 7.42. The van der Waals surface area contributed by atoms with E-state index in [0.29, 0.717) is 0 Å². The number of rotatable bonds is 1. The van der Waals surface area contributed by atoms with E-state index >= 15 is 0 Å². The monoisotopic (exact) mass is 345 g/mol. The van der Waals surface area contributed by atoms with Crippen LogP contribution in [-0.4, -0.2) is 39.0 Å². The molecule has 1 rings (SSSR count). The van der Waals surface area contributed by atoms with Gasteiger partial charge in [0.05, 0.1) is 4.90 Å². The van der Waals surface area contributed by atoms with Gasteiger partial charge in [-0.3, -0.25) is 4.55 Å². The second-order valence-electron chi connectivity index (χ2n) is 3.13. The molecule has 0 saturated heterocycles. The van der Waals surface area contributed by atoms with Crippen LogP contribution in [0.25, 0.3) is 0 Å². The van der Waals surface area contributed by atoms with Gasteiger partial charge < -0.3 is 4.90 Å². The number of hydrogen-bond donors (Lipinski definition) is 1. The average Bonchev–Trinajstić information content (AvgIpc) is 2.03. The molecular weight excluding hydrogens is 329 g/mol. The minimum absolute atomic E-state index is 0. The summed E-state index contributed by atoms with van der Waals surface area (Å²) < 4.78 is 29.2. The maximum absolute atomic E-state index is 10.4. The van der Waals surface area contributed by atoms with Crippen molar-refractivity contribution in [2.45, 2.75) is 4.90 Å². The SMILES string of the molecule is CN(C)C.I.O=S(=O)(O)c1ccccc1. The molecule has 1 N–H and O–H groups in total. The Bertz CT molecular complexity index is 348. The third kappa shape index (κ3) is 10.1. The second-order valence-corrected chi connectivity index (χ2v) is 4.55. The van der Waals surface area contributed by atoms with Crippen molar-refractivity contribution in [3.63, 3.8) is 0 Å². The van der Waals surface area contributed by atoms with E-state index in [9.17, 15) is 8.42 Å². The Labute approximate surface area is 108 Å². The van der Waals surface area contributed by atoms with E-state index in [2.05, 4.69) is 0 Å². The van der Waals surface area contributed by atoms with Crippen LogP contribution in [0, 0.1) is 0 Å². The summed E-state index contributed by atoms with van der Waals surface area (Å²) in [7, 11) is 2.00. The predicted octanol–water partition coefficient (Wildman–Crippen LogP) is 1.73. The van der Waals surface area contributed by atoms with Crippen molar-refractivity contribution in [2.24, 2.45) is 0 Å². The Hall–Kier alpha value is -0.180. The summed E-state index contributed by atoms with van der Waals surface area (Å²) in [6.45, 7) is 0. The van der Waals surface area contributed by atoms with Gasteiger partial charge in [-0.25, -0.2) is 0 Å². The highest BCUT2D eigenvalue weighted by Crippen LogP contribution is 2.05. The molecule has 0 aliphatic heterocycles. The van der Waals surface area contributed by atoms with Gasteiger partial charge in [-0.05, 0) is 33.3 Å². The second kappa shape index (κ2) is 8.03. The summed E-state index contributed by atoms with van der Waals surface area (Å²) in [4.78, 5) is 1.93. The van der Waals surface area contributed by atoms with Crippen molar-refractivity contribution >= 4 is 34.1 Å².